The van der Waals surface area contributed by atoms with Crippen molar-refractivity contribution in [3.05, 3.63) is 0 Å². The van der Waals surface area contributed by atoms with Gasteiger partial charge in [0.25, 0.3) is 0 Å². The van der Waals surface area contributed by atoms with Crippen LogP contribution in [0.2, 0.25) is 0 Å². The molecule has 1 aliphatic rings. The van der Waals surface area contributed by atoms with E-state index in [9.17, 15) is 19.8 Å². The van der Waals surface area contributed by atoms with Gasteiger partial charge in [-0.1, -0.05) is 6.92 Å². The van der Waals surface area contributed by atoms with Crippen LogP contribution in [0.25, 0.3) is 0 Å². The Hall–Kier alpha value is -0.930. The summed E-state index contributed by atoms with van der Waals surface area (Å²) in [5.74, 6) is -0.758. The van der Waals surface area contributed by atoms with E-state index in [0.29, 0.717) is 26.1 Å². The number of carbonyl (C=O) groups excluding carboxylic acids is 2. The molecule has 5 N–H and O–H groups in total. The van der Waals surface area contributed by atoms with E-state index < -0.39 is 24.4 Å². The van der Waals surface area contributed by atoms with Crippen molar-refractivity contribution >= 4 is 23.4 Å². The van der Waals surface area contributed by atoms with Gasteiger partial charge in [0.15, 0.2) is 0 Å². The zero-order chi connectivity index (χ0) is 17.6. The molecular weight excluding hydrogens is 324 g/mol. The van der Waals surface area contributed by atoms with Crippen LogP contribution in [-0.4, -0.2) is 81.9 Å². The number of nitrogens with zero attached hydrogens (tertiary/aromatic N) is 2. The van der Waals surface area contributed by atoms with Crippen LogP contribution in [0.4, 0.5) is 0 Å². The highest BCUT2D eigenvalue weighted by Gasteiger charge is 2.38. The first-order chi connectivity index (χ1) is 10.8. The molecule has 1 aliphatic heterocycles. The molecule has 4 atom stereocenters. The molecule has 0 aromatic rings. The number of hydrogen-bond donors (Lipinski definition) is 4. The van der Waals surface area contributed by atoms with Gasteiger partial charge in [0.05, 0.1) is 11.9 Å². The molecule has 0 saturated carbocycles. The summed E-state index contributed by atoms with van der Waals surface area (Å²) in [7, 11) is 0. The Balaban J connectivity index is 3.00. The quantitative estimate of drug-likeness (QED) is 0.401. The van der Waals surface area contributed by atoms with Gasteiger partial charge in [0.2, 0.25) is 11.8 Å². The molecule has 0 aromatic heterocycles. The second-order valence-corrected chi connectivity index (χ2v) is 6.11. The van der Waals surface area contributed by atoms with Crippen molar-refractivity contribution in [2.75, 3.05) is 25.5 Å². The van der Waals surface area contributed by atoms with E-state index in [-0.39, 0.29) is 24.2 Å². The van der Waals surface area contributed by atoms with Gasteiger partial charge in [-0.25, -0.2) is 0 Å². The summed E-state index contributed by atoms with van der Waals surface area (Å²) in [4.78, 5) is 26.4. The van der Waals surface area contributed by atoms with Crippen molar-refractivity contribution in [1.29, 1.82) is 0 Å². The molecule has 0 bridgehead atoms. The van der Waals surface area contributed by atoms with E-state index in [1.807, 2.05) is 11.8 Å². The highest BCUT2D eigenvalue weighted by atomic mass is 35.5. The van der Waals surface area contributed by atoms with E-state index in [1.54, 1.807) is 4.90 Å². The number of rotatable bonds is 8. The van der Waals surface area contributed by atoms with E-state index >= 15 is 0 Å². The summed E-state index contributed by atoms with van der Waals surface area (Å²) in [5.41, 5.74) is 5.30. The number of aliphatic hydroxyl groups is 2. The maximum Gasteiger partial charge on any atom is 0.219 e. The van der Waals surface area contributed by atoms with Gasteiger partial charge in [-0.3, -0.25) is 19.4 Å². The normalized spacial score (nSPS) is 24.0. The van der Waals surface area contributed by atoms with Gasteiger partial charge in [0, 0.05) is 39.0 Å². The number of alkyl halides is 1. The highest BCUT2D eigenvalue weighted by Crippen LogP contribution is 2.20. The lowest BCUT2D eigenvalue weighted by Gasteiger charge is -2.47. The maximum absolute atomic E-state index is 11.5. The van der Waals surface area contributed by atoms with Crippen LogP contribution >= 0.6 is 11.6 Å². The molecule has 1 rings (SSSR count). The number of nitrogens with two attached hydrogens (primary N) is 1. The van der Waals surface area contributed by atoms with E-state index in [4.69, 9.17) is 17.3 Å². The summed E-state index contributed by atoms with van der Waals surface area (Å²) < 4.78 is 0. The number of hydrogen-bond acceptors (Lipinski definition) is 6. The molecule has 1 fully saturated rings. The number of primary amides is 1. The first kappa shape index (κ1) is 20.1. The molecule has 0 spiro atoms. The van der Waals surface area contributed by atoms with E-state index in [2.05, 4.69) is 5.32 Å². The predicted molar refractivity (Wildman–Crippen MR) is 86.5 cm³/mol. The molecule has 1 heterocycles. The van der Waals surface area contributed by atoms with Crippen LogP contribution in [-0.2, 0) is 9.59 Å². The topological polar surface area (TPSA) is 119 Å². The third-order valence-corrected chi connectivity index (χ3v) is 4.35. The van der Waals surface area contributed by atoms with Crippen LogP contribution < -0.4 is 11.1 Å². The van der Waals surface area contributed by atoms with Gasteiger partial charge in [-0.2, -0.15) is 0 Å². The molecule has 2 amide bonds. The molecule has 9 heteroatoms. The number of halogens is 1. The van der Waals surface area contributed by atoms with Crippen LogP contribution in [0.1, 0.15) is 26.7 Å². The van der Waals surface area contributed by atoms with Crippen molar-refractivity contribution in [3.63, 3.8) is 0 Å². The third-order valence-electron chi connectivity index (χ3n) is 4.07. The molecular formula is C14H27ClN4O4. The molecule has 8 nitrogen and oxygen atoms in total. The Morgan fingerprint density at radius 3 is 2.48 bits per heavy atom. The van der Waals surface area contributed by atoms with E-state index in [1.165, 1.54) is 6.92 Å². The summed E-state index contributed by atoms with van der Waals surface area (Å²) >= 11 is 5.71. The molecule has 0 aromatic carbocycles. The molecule has 1 saturated heterocycles. The van der Waals surface area contributed by atoms with Gasteiger partial charge in [-0.15, -0.1) is 11.6 Å². The van der Waals surface area contributed by atoms with E-state index in [0.717, 1.165) is 0 Å². The third kappa shape index (κ3) is 5.89. The van der Waals surface area contributed by atoms with Crippen molar-refractivity contribution in [2.24, 2.45) is 5.73 Å². The Morgan fingerprint density at radius 1 is 1.35 bits per heavy atom. The summed E-state index contributed by atoms with van der Waals surface area (Å²) in [5, 5.41) is 22.9. The molecule has 0 aliphatic carbocycles. The smallest absolute Gasteiger partial charge is 0.219 e. The number of aliphatic hydroxyl groups excluding tert-OH is 2. The summed E-state index contributed by atoms with van der Waals surface area (Å²) in [6, 6.07) is -0.899. The van der Waals surface area contributed by atoms with Crippen LogP contribution in [0.3, 0.4) is 0 Å². The molecule has 0 radical (unpaired) electrons. The van der Waals surface area contributed by atoms with Gasteiger partial charge in [-0.05, 0) is 6.42 Å². The molecule has 4 unspecified atom stereocenters. The summed E-state index contributed by atoms with van der Waals surface area (Å²) in [6.07, 6.45) is -1.04. The van der Waals surface area contributed by atoms with Crippen molar-refractivity contribution in [1.82, 2.24) is 15.1 Å². The largest absolute Gasteiger partial charge is 0.378 e. The lowest BCUT2D eigenvalue weighted by molar-refractivity contribution is -0.127. The second-order valence-electron chi connectivity index (χ2n) is 5.80. The van der Waals surface area contributed by atoms with Crippen LogP contribution in [0.15, 0.2) is 0 Å². The van der Waals surface area contributed by atoms with Crippen molar-refractivity contribution < 1.29 is 19.8 Å². The average Bonchev–Trinajstić information content (AvgIpc) is 2.51. The van der Waals surface area contributed by atoms with Gasteiger partial charge >= 0.3 is 0 Å². The Labute approximate surface area is 141 Å². The second kappa shape index (κ2) is 9.39. The number of amides is 2. The minimum atomic E-state index is -0.813. The van der Waals surface area contributed by atoms with Crippen LogP contribution in [0, 0.1) is 0 Å². The zero-order valence-corrected chi connectivity index (χ0v) is 14.4. The average molecular weight is 351 g/mol. The Kier molecular flexibility index (Phi) is 8.21. The standard InChI is InChI=1S/C14H27ClN4O4/c1-3-13(22)19-5-4-18(14(23)7-15)8-11(19)10(6-12(16)21)17-9(2)20/h10-11,13-14,22-23H,3-8H2,1-2H3,(H2,16,21)(H,17,20). The summed E-state index contributed by atoms with van der Waals surface area (Å²) in [6.45, 7) is 4.60. The lowest BCUT2D eigenvalue weighted by atomic mass is 9.98. The maximum atomic E-state index is 11.5. The van der Waals surface area contributed by atoms with Crippen molar-refractivity contribution in [2.45, 2.75) is 51.2 Å². The Bertz CT molecular complexity index is 396. The monoisotopic (exact) mass is 350 g/mol. The highest BCUT2D eigenvalue weighted by molar-refractivity contribution is 6.18. The fourth-order valence-corrected chi connectivity index (χ4v) is 3.13. The number of carbonyl (C=O) groups is 2. The first-order valence-electron chi connectivity index (χ1n) is 7.77. The SMILES string of the molecule is CCC(O)N1CCN(C(O)CCl)CC1C(CC(N)=O)NC(C)=O. The first-order valence-corrected chi connectivity index (χ1v) is 8.30. The van der Waals surface area contributed by atoms with Crippen LogP contribution in [0.5, 0.6) is 0 Å². The lowest BCUT2D eigenvalue weighted by Crippen LogP contribution is -2.65. The number of piperazine rings is 1. The fraction of sp³-hybridized carbons (Fsp3) is 0.857. The van der Waals surface area contributed by atoms with Crippen molar-refractivity contribution in [3.8, 4) is 0 Å². The minimum absolute atomic E-state index is 0.0397. The van der Waals surface area contributed by atoms with Gasteiger partial charge < -0.3 is 21.3 Å². The molecule has 134 valence electrons. The molecule has 23 heavy (non-hydrogen) atoms. The van der Waals surface area contributed by atoms with Gasteiger partial charge in [0.1, 0.15) is 12.5 Å². The predicted octanol–water partition coefficient (Wildman–Crippen LogP) is -1.36. The zero-order valence-electron chi connectivity index (χ0n) is 13.6. The Morgan fingerprint density at radius 2 is 2.00 bits per heavy atom. The number of nitrogens with one attached hydrogen (secondary N) is 1. The fourth-order valence-electron chi connectivity index (χ4n) is 2.94. The minimum Gasteiger partial charge on any atom is -0.378 e.